The van der Waals surface area contributed by atoms with Gasteiger partial charge < -0.3 is 14.7 Å². The molecule has 0 spiro atoms. The number of rotatable bonds is 2. The number of hydrogen-bond acceptors (Lipinski definition) is 3. The number of nitrogens with zero attached hydrogens (tertiary/aromatic N) is 1. The lowest BCUT2D eigenvalue weighted by atomic mass is 10.2. The summed E-state index contributed by atoms with van der Waals surface area (Å²) in [6.07, 6.45) is 0.832. The summed E-state index contributed by atoms with van der Waals surface area (Å²) in [6, 6.07) is -0.0487. The number of aliphatic hydroxyl groups excluding tert-OH is 1. The average molecular weight is 173 g/mol. The van der Waals surface area contributed by atoms with Crippen molar-refractivity contribution < 1.29 is 14.6 Å². The van der Waals surface area contributed by atoms with Crippen molar-refractivity contribution in [2.75, 3.05) is 20.3 Å². The normalized spacial score (nSPS) is 29.4. The first-order chi connectivity index (χ1) is 5.69. The van der Waals surface area contributed by atoms with Gasteiger partial charge in [-0.3, -0.25) is 4.79 Å². The maximum Gasteiger partial charge on any atom is 0.219 e. The first-order valence-corrected chi connectivity index (χ1v) is 4.10. The number of methoxy groups -OCH3 is 1. The Morgan fingerprint density at radius 2 is 2.42 bits per heavy atom. The van der Waals surface area contributed by atoms with E-state index < -0.39 is 0 Å². The molecule has 0 aliphatic carbocycles. The van der Waals surface area contributed by atoms with Crippen LogP contribution in [0.25, 0.3) is 0 Å². The van der Waals surface area contributed by atoms with Gasteiger partial charge >= 0.3 is 0 Å². The van der Waals surface area contributed by atoms with Crippen molar-refractivity contribution in [3.05, 3.63) is 0 Å². The highest BCUT2D eigenvalue weighted by Crippen LogP contribution is 2.19. The van der Waals surface area contributed by atoms with Crippen LogP contribution >= 0.6 is 0 Å². The molecule has 1 fully saturated rings. The van der Waals surface area contributed by atoms with Gasteiger partial charge in [0.25, 0.3) is 0 Å². The van der Waals surface area contributed by atoms with Crippen molar-refractivity contribution >= 4 is 5.91 Å². The molecule has 0 saturated carbocycles. The summed E-state index contributed by atoms with van der Waals surface area (Å²) in [4.78, 5) is 12.7. The van der Waals surface area contributed by atoms with Crippen molar-refractivity contribution in [1.82, 2.24) is 4.90 Å². The molecule has 1 saturated heterocycles. The third-order valence-electron chi connectivity index (χ3n) is 2.32. The second-order valence-corrected chi connectivity index (χ2v) is 3.10. The van der Waals surface area contributed by atoms with Gasteiger partial charge in [-0.1, -0.05) is 0 Å². The fraction of sp³-hybridized carbons (Fsp3) is 0.875. The molecule has 0 aromatic carbocycles. The van der Waals surface area contributed by atoms with Gasteiger partial charge in [0.05, 0.1) is 18.8 Å². The lowest BCUT2D eigenvalue weighted by Gasteiger charge is -2.20. The third-order valence-corrected chi connectivity index (χ3v) is 2.32. The van der Waals surface area contributed by atoms with Gasteiger partial charge in [-0.15, -0.1) is 0 Å². The highest BCUT2D eigenvalue weighted by Gasteiger charge is 2.32. The van der Waals surface area contributed by atoms with Crippen molar-refractivity contribution in [1.29, 1.82) is 0 Å². The fourth-order valence-electron chi connectivity index (χ4n) is 1.60. The van der Waals surface area contributed by atoms with Gasteiger partial charge in [-0.05, 0) is 6.42 Å². The van der Waals surface area contributed by atoms with E-state index >= 15 is 0 Å². The number of aliphatic hydroxyl groups is 1. The zero-order chi connectivity index (χ0) is 9.14. The van der Waals surface area contributed by atoms with Gasteiger partial charge in [0.2, 0.25) is 5.91 Å². The van der Waals surface area contributed by atoms with Crippen molar-refractivity contribution in [3.8, 4) is 0 Å². The lowest BCUT2D eigenvalue weighted by Crippen LogP contribution is -2.36. The molecule has 1 N–H and O–H groups in total. The van der Waals surface area contributed by atoms with Gasteiger partial charge in [-0.25, -0.2) is 0 Å². The van der Waals surface area contributed by atoms with Crippen molar-refractivity contribution in [2.45, 2.75) is 25.5 Å². The highest BCUT2D eigenvalue weighted by atomic mass is 16.5. The molecule has 4 heteroatoms. The van der Waals surface area contributed by atoms with Crippen LogP contribution in [0.2, 0.25) is 0 Å². The Morgan fingerprint density at radius 3 is 2.75 bits per heavy atom. The van der Waals surface area contributed by atoms with Crippen LogP contribution in [0.1, 0.15) is 13.3 Å². The Hall–Kier alpha value is -0.610. The second-order valence-electron chi connectivity index (χ2n) is 3.10. The van der Waals surface area contributed by atoms with E-state index in [-0.39, 0.29) is 24.7 Å². The summed E-state index contributed by atoms with van der Waals surface area (Å²) in [5.41, 5.74) is 0. The minimum atomic E-state index is -0.0487. The number of carbonyl (C=O) groups excluding carboxylic acids is 1. The van der Waals surface area contributed by atoms with Crippen molar-refractivity contribution in [3.63, 3.8) is 0 Å². The molecule has 1 aliphatic rings. The van der Waals surface area contributed by atoms with Gasteiger partial charge in [0.1, 0.15) is 0 Å². The van der Waals surface area contributed by atoms with E-state index in [0.717, 1.165) is 6.42 Å². The van der Waals surface area contributed by atoms with E-state index in [1.165, 1.54) is 6.92 Å². The number of hydrogen-bond donors (Lipinski definition) is 1. The van der Waals surface area contributed by atoms with E-state index in [4.69, 9.17) is 9.84 Å². The molecule has 1 rings (SSSR count). The highest BCUT2D eigenvalue weighted by molar-refractivity contribution is 5.74. The minimum Gasteiger partial charge on any atom is -0.394 e. The summed E-state index contributed by atoms with van der Waals surface area (Å²) in [7, 11) is 1.63. The van der Waals surface area contributed by atoms with Gasteiger partial charge in [0, 0.05) is 20.6 Å². The monoisotopic (exact) mass is 173 g/mol. The SMILES string of the molecule is COC1CC(CO)N(C(C)=O)C1. The van der Waals surface area contributed by atoms with Crippen LogP contribution in [-0.4, -0.2) is 48.3 Å². The maximum absolute atomic E-state index is 11.0. The Labute approximate surface area is 72.1 Å². The Bertz CT molecular complexity index is 172. The molecular weight excluding hydrogens is 158 g/mol. The lowest BCUT2D eigenvalue weighted by molar-refractivity contribution is -0.130. The molecule has 12 heavy (non-hydrogen) atoms. The quantitative estimate of drug-likeness (QED) is 0.619. The van der Waals surface area contributed by atoms with Crippen LogP contribution in [0.5, 0.6) is 0 Å². The Balaban J connectivity index is 2.56. The number of ether oxygens (including phenoxy) is 1. The molecule has 1 heterocycles. The predicted octanol–water partition coefficient (Wildman–Crippen LogP) is -0.386. The molecule has 70 valence electrons. The molecule has 0 aromatic rings. The van der Waals surface area contributed by atoms with E-state index in [9.17, 15) is 4.79 Å². The first kappa shape index (κ1) is 9.48. The molecule has 0 radical (unpaired) electrons. The van der Waals surface area contributed by atoms with Gasteiger partial charge in [0.15, 0.2) is 0 Å². The molecule has 0 bridgehead atoms. The second kappa shape index (κ2) is 3.87. The van der Waals surface area contributed by atoms with E-state index in [1.807, 2.05) is 0 Å². The minimum absolute atomic E-state index is 0.00796. The third kappa shape index (κ3) is 1.76. The molecule has 2 atom stereocenters. The Kier molecular flexibility index (Phi) is 3.05. The van der Waals surface area contributed by atoms with E-state index in [2.05, 4.69) is 0 Å². The fourth-order valence-corrected chi connectivity index (χ4v) is 1.60. The van der Waals surface area contributed by atoms with Crippen molar-refractivity contribution in [2.24, 2.45) is 0 Å². The van der Waals surface area contributed by atoms with Crippen LogP contribution in [-0.2, 0) is 9.53 Å². The van der Waals surface area contributed by atoms with Crippen LogP contribution in [0.4, 0.5) is 0 Å². The van der Waals surface area contributed by atoms with E-state index in [1.54, 1.807) is 12.0 Å². The van der Waals surface area contributed by atoms with Crippen LogP contribution < -0.4 is 0 Å². The zero-order valence-corrected chi connectivity index (χ0v) is 7.49. The van der Waals surface area contributed by atoms with Crippen LogP contribution in [0, 0.1) is 0 Å². The molecule has 2 unspecified atom stereocenters. The Morgan fingerprint density at radius 1 is 1.75 bits per heavy atom. The molecule has 1 amide bonds. The summed E-state index contributed by atoms with van der Waals surface area (Å²) in [6.45, 7) is 2.15. The topological polar surface area (TPSA) is 49.8 Å². The first-order valence-electron chi connectivity index (χ1n) is 4.10. The molecule has 1 aliphatic heterocycles. The maximum atomic E-state index is 11.0. The zero-order valence-electron chi connectivity index (χ0n) is 7.49. The average Bonchev–Trinajstić information content (AvgIpc) is 2.47. The summed E-state index contributed by atoms with van der Waals surface area (Å²) in [5, 5.41) is 8.95. The van der Waals surface area contributed by atoms with Gasteiger partial charge in [-0.2, -0.15) is 0 Å². The molecule has 4 nitrogen and oxygen atoms in total. The summed E-state index contributed by atoms with van der Waals surface area (Å²) in [5.74, 6) is 0.00796. The molecular formula is C8H15NO3. The standard InChI is InChI=1S/C8H15NO3/c1-6(11)9-4-8(12-2)3-7(9)5-10/h7-8,10H,3-5H2,1-2H3. The predicted molar refractivity (Wildman–Crippen MR) is 43.7 cm³/mol. The number of likely N-dealkylation sites (tertiary alicyclic amines) is 1. The summed E-state index contributed by atoms with van der Waals surface area (Å²) >= 11 is 0. The van der Waals surface area contributed by atoms with E-state index in [0.29, 0.717) is 6.54 Å². The number of amides is 1. The van der Waals surface area contributed by atoms with Crippen LogP contribution in [0.15, 0.2) is 0 Å². The number of carbonyl (C=O) groups is 1. The summed E-state index contributed by atoms with van der Waals surface area (Å²) < 4.78 is 5.12. The smallest absolute Gasteiger partial charge is 0.219 e. The largest absolute Gasteiger partial charge is 0.394 e. The molecule has 0 aromatic heterocycles. The van der Waals surface area contributed by atoms with Crippen LogP contribution in [0.3, 0.4) is 0 Å².